The maximum atomic E-state index is 12.2. The van der Waals surface area contributed by atoms with E-state index >= 15 is 0 Å². The zero-order chi connectivity index (χ0) is 21.4. The van der Waals surface area contributed by atoms with Crippen LogP contribution < -0.4 is 16.4 Å². The highest BCUT2D eigenvalue weighted by molar-refractivity contribution is 5.82. The fourth-order valence-electron chi connectivity index (χ4n) is 4.71. The molecule has 2 saturated heterocycles. The lowest BCUT2D eigenvalue weighted by atomic mass is 9.98. The van der Waals surface area contributed by atoms with Crippen LogP contribution in [0.3, 0.4) is 0 Å². The summed E-state index contributed by atoms with van der Waals surface area (Å²) in [5, 5.41) is 5.35. The van der Waals surface area contributed by atoms with Crippen molar-refractivity contribution in [3.8, 4) is 11.1 Å². The molecule has 4 atom stereocenters. The molecule has 162 valence electrons. The Morgan fingerprint density at radius 2 is 1.61 bits per heavy atom. The second kappa shape index (κ2) is 8.30. The number of benzene rings is 2. The van der Waals surface area contributed by atoms with Gasteiger partial charge in [-0.15, -0.1) is 0 Å². The summed E-state index contributed by atoms with van der Waals surface area (Å²) in [6, 6.07) is 15.8. The van der Waals surface area contributed by atoms with Gasteiger partial charge in [-0.25, -0.2) is 4.79 Å². The number of nitrogens with two attached hydrogens (primary N) is 1. The van der Waals surface area contributed by atoms with Crippen LogP contribution in [-0.2, 0) is 19.0 Å². The molecule has 2 fully saturated rings. The summed E-state index contributed by atoms with van der Waals surface area (Å²) in [4.78, 5) is 24.4. The Bertz CT molecular complexity index is 951. The van der Waals surface area contributed by atoms with Crippen LogP contribution in [-0.4, -0.2) is 62.7 Å². The highest BCUT2D eigenvalue weighted by atomic mass is 16.6. The Balaban J connectivity index is 1.12. The summed E-state index contributed by atoms with van der Waals surface area (Å²) in [6.07, 6.45) is -1.06. The molecule has 5 rings (SSSR count). The molecule has 2 aliphatic heterocycles. The molecule has 1 aliphatic carbocycles. The van der Waals surface area contributed by atoms with Gasteiger partial charge in [-0.3, -0.25) is 4.79 Å². The standard InChI is InChI=1S/C23H25N3O5/c24-18-11-29-22-19(12-30-21(18)22)26-20(27)9-25-23(28)31-10-17-15-7-3-1-5-13(15)14-6-2-4-8-16(14)17/h1-8,17-19,21-22H,9-12,24H2,(H,25,28)(H,26,27)/t18-,19-,21+,22+/m0/s1. The summed E-state index contributed by atoms with van der Waals surface area (Å²) in [5.74, 6) is -0.352. The largest absolute Gasteiger partial charge is 0.449 e. The molecule has 0 saturated carbocycles. The molecule has 8 heteroatoms. The molecule has 2 amide bonds. The first-order valence-electron chi connectivity index (χ1n) is 10.5. The molecular formula is C23H25N3O5. The average Bonchev–Trinajstić information content (AvgIpc) is 3.45. The van der Waals surface area contributed by atoms with Gasteiger partial charge in [-0.1, -0.05) is 48.5 Å². The van der Waals surface area contributed by atoms with Crippen molar-refractivity contribution in [1.82, 2.24) is 10.6 Å². The summed E-state index contributed by atoms with van der Waals surface area (Å²) in [7, 11) is 0. The predicted octanol–water partition coefficient (Wildman–Crippen LogP) is 1.13. The van der Waals surface area contributed by atoms with Crippen molar-refractivity contribution >= 4 is 12.0 Å². The van der Waals surface area contributed by atoms with Gasteiger partial charge in [0, 0.05) is 5.92 Å². The SMILES string of the molecule is N[C@H]1CO[C@H]2[C@@H]1OC[C@@H]2NC(=O)CNC(=O)OCC1c2ccccc2-c2ccccc21. The summed E-state index contributed by atoms with van der Waals surface area (Å²) < 4.78 is 16.7. The van der Waals surface area contributed by atoms with Crippen molar-refractivity contribution in [2.45, 2.75) is 30.2 Å². The van der Waals surface area contributed by atoms with Gasteiger partial charge in [0.2, 0.25) is 5.91 Å². The van der Waals surface area contributed by atoms with Crippen LogP contribution >= 0.6 is 0 Å². The Morgan fingerprint density at radius 1 is 0.968 bits per heavy atom. The number of rotatable bonds is 5. The minimum atomic E-state index is -0.628. The maximum Gasteiger partial charge on any atom is 0.407 e. The van der Waals surface area contributed by atoms with Gasteiger partial charge in [-0.05, 0) is 22.3 Å². The van der Waals surface area contributed by atoms with Gasteiger partial charge in [0.1, 0.15) is 25.4 Å². The van der Waals surface area contributed by atoms with E-state index in [0.29, 0.717) is 13.2 Å². The van der Waals surface area contributed by atoms with E-state index in [4.69, 9.17) is 19.9 Å². The molecule has 0 bridgehead atoms. The number of ether oxygens (including phenoxy) is 3. The quantitative estimate of drug-likeness (QED) is 0.665. The molecule has 3 aliphatic rings. The van der Waals surface area contributed by atoms with Crippen LogP contribution in [0.25, 0.3) is 11.1 Å². The molecule has 31 heavy (non-hydrogen) atoms. The smallest absolute Gasteiger partial charge is 0.407 e. The first kappa shape index (κ1) is 20.0. The molecule has 4 N–H and O–H groups in total. The lowest BCUT2D eigenvalue weighted by Crippen LogP contribution is -2.48. The molecular weight excluding hydrogens is 398 g/mol. The Labute approximate surface area is 180 Å². The molecule has 0 aromatic heterocycles. The molecule has 0 spiro atoms. The molecule has 0 radical (unpaired) electrons. The zero-order valence-corrected chi connectivity index (χ0v) is 17.0. The molecule has 8 nitrogen and oxygen atoms in total. The van der Waals surface area contributed by atoms with Gasteiger partial charge >= 0.3 is 6.09 Å². The van der Waals surface area contributed by atoms with Crippen LogP contribution in [0.1, 0.15) is 17.0 Å². The van der Waals surface area contributed by atoms with Crippen molar-refractivity contribution in [3.05, 3.63) is 59.7 Å². The Kier molecular flexibility index (Phi) is 5.35. The Hall–Kier alpha value is -2.94. The second-order valence-corrected chi connectivity index (χ2v) is 8.11. The lowest BCUT2D eigenvalue weighted by molar-refractivity contribution is -0.121. The highest BCUT2D eigenvalue weighted by Gasteiger charge is 2.46. The van der Waals surface area contributed by atoms with E-state index in [9.17, 15) is 9.59 Å². The number of amides is 2. The number of carbonyl (C=O) groups is 2. The van der Waals surface area contributed by atoms with Crippen molar-refractivity contribution in [1.29, 1.82) is 0 Å². The van der Waals surface area contributed by atoms with E-state index < -0.39 is 6.09 Å². The second-order valence-electron chi connectivity index (χ2n) is 8.11. The van der Waals surface area contributed by atoms with E-state index in [1.807, 2.05) is 24.3 Å². The van der Waals surface area contributed by atoms with E-state index in [-0.39, 0.29) is 49.3 Å². The van der Waals surface area contributed by atoms with E-state index in [0.717, 1.165) is 22.3 Å². The minimum absolute atomic E-state index is 0.0247. The molecule has 0 unspecified atom stereocenters. The monoisotopic (exact) mass is 423 g/mol. The van der Waals surface area contributed by atoms with E-state index in [1.54, 1.807) is 0 Å². The normalized spacial score (nSPS) is 26.1. The van der Waals surface area contributed by atoms with Crippen molar-refractivity contribution < 1.29 is 23.8 Å². The van der Waals surface area contributed by atoms with Crippen LogP contribution in [0.15, 0.2) is 48.5 Å². The zero-order valence-electron chi connectivity index (χ0n) is 17.0. The number of carbonyl (C=O) groups excluding carboxylic acids is 2. The highest BCUT2D eigenvalue weighted by Crippen LogP contribution is 2.44. The summed E-state index contributed by atoms with van der Waals surface area (Å²) >= 11 is 0. The summed E-state index contributed by atoms with van der Waals surface area (Å²) in [5.41, 5.74) is 10.5. The first-order valence-corrected chi connectivity index (χ1v) is 10.5. The van der Waals surface area contributed by atoms with Gasteiger partial charge in [0.05, 0.1) is 25.3 Å². The third-order valence-electron chi connectivity index (χ3n) is 6.18. The minimum Gasteiger partial charge on any atom is -0.449 e. The molecule has 2 aromatic rings. The van der Waals surface area contributed by atoms with Crippen LogP contribution in [0.2, 0.25) is 0 Å². The van der Waals surface area contributed by atoms with Crippen molar-refractivity contribution in [2.24, 2.45) is 5.73 Å². The maximum absolute atomic E-state index is 12.2. The van der Waals surface area contributed by atoms with Gasteiger partial charge in [-0.2, -0.15) is 0 Å². The lowest BCUT2D eigenvalue weighted by Gasteiger charge is -2.18. The number of nitrogens with one attached hydrogen (secondary N) is 2. The van der Waals surface area contributed by atoms with Crippen LogP contribution in [0.4, 0.5) is 4.79 Å². The van der Waals surface area contributed by atoms with E-state index in [2.05, 4.69) is 34.9 Å². The van der Waals surface area contributed by atoms with Gasteiger partial charge in [0.15, 0.2) is 0 Å². The van der Waals surface area contributed by atoms with Crippen LogP contribution in [0, 0.1) is 0 Å². The van der Waals surface area contributed by atoms with Crippen molar-refractivity contribution in [2.75, 3.05) is 26.4 Å². The third-order valence-corrected chi connectivity index (χ3v) is 6.18. The van der Waals surface area contributed by atoms with Gasteiger partial charge < -0.3 is 30.6 Å². The number of fused-ring (bicyclic) bond motifs is 4. The molecule has 2 aromatic carbocycles. The predicted molar refractivity (Wildman–Crippen MR) is 112 cm³/mol. The number of alkyl carbamates (subject to hydrolysis) is 1. The molecule has 2 heterocycles. The van der Waals surface area contributed by atoms with Crippen molar-refractivity contribution in [3.63, 3.8) is 0 Å². The van der Waals surface area contributed by atoms with Crippen LogP contribution in [0.5, 0.6) is 0 Å². The average molecular weight is 423 g/mol. The van der Waals surface area contributed by atoms with Gasteiger partial charge in [0.25, 0.3) is 0 Å². The fraction of sp³-hybridized carbons (Fsp3) is 0.391. The third kappa shape index (κ3) is 3.78. The Morgan fingerprint density at radius 3 is 2.32 bits per heavy atom. The number of hydrogen-bond donors (Lipinski definition) is 3. The number of hydrogen-bond acceptors (Lipinski definition) is 6. The fourth-order valence-corrected chi connectivity index (χ4v) is 4.71. The van der Waals surface area contributed by atoms with E-state index in [1.165, 1.54) is 0 Å². The topological polar surface area (TPSA) is 112 Å². The summed E-state index contributed by atoms with van der Waals surface area (Å²) in [6.45, 7) is 0.781. The first-order chi connectivity index (χ1) is 15.1.